The van der Waals surface area contributed by atoms with Crippen molar-refractivity contribution in [3.63, 3.8) is 0 Å². The molecule has 0 fully saturated rings. The van der Waals surface area contributed by atoms with Crippen molar-refractivity contribution in [1.29, 1.82) is 0 Å². The molecule has 0 aliphatic heterocycles. The van der Waals surface area contributed by atoms with Gasteiger partial charge in [-0.15, -0.1) is 0 Å². The van der Waals surface area contributed by atoms with Gasteiger partial charge >= 0.3 is 0 Å². The van der Waals surface area contributed by atoms with E-state index in [1.165, 1.54) is 32.2 Å². The minimum Gasteiger partial charge on any atom is -0.497 e. The average Bonchev–Trinajstić information content (AvgIpc) is 2.66. The Balaban J connectivity index is 2.32. The van der Waals surface area contributed by atoms with Gasteiger partial charge in [0.25, 0.3) is 5.56 Å². The maximum absolute atomic E-state index is 13.0. The Labute approximate surface area is 144 Å². The van der Waals surface area contributed by atoms with Crippen LogP contribution >= 0.6 is 0 Å². The minimum absolute atomic E-state index is 0.252. The van der Waals surface area contributed by atoms with E-state index in [1.54, 1.807) is 37.4 Å². The van der Waals surface area contributed by atoms with Gasteiger partial charge in [-0.2, -0.15) is 0 Å². The molecule has 2 aromatic carbocycles. The molecule has 0 atom stereocenters. The van der Waals surface area contributed by atoms with Gasteiger partial charge in [0.2, 0.25) is 5.75 Å². The number of fused-ring (bicyclic) bond motifs is 1. The van der Waals surface area contributed by atoms with Crippen LogP contribution < -0.4 is 24.5 Å². The summed E-state index contributed by atoms with van der Waals surface area (Å²) in [5, 5.41) is 0.361. The highest BCUT2D eigenvalue weighted by Gasteiger charge is 2.19. The fourth-order valence-electron chi connectivity index (χ4n) is 2.67. The van der Waals surface area contributed by atoms with Gasteiger partial charge < -0.3 is 18.9 Å². The number of methoxy groups -OCH3 is 4. The first-order chi connectivity index (χ1) is 12.1. The molecule has 0 N–H and O–H groups in total. The summed E-state index contributed by atoms with van der Waals surface area (Å²) in [6.45, 7) is 0. The van der Waals surface area contributed by atoms with E-state index in [4.69, 9.17) is 18.9 Å². The Kier molecular flexibility index (Phi) is 4.47. The molecule has 3 rings (SSSR count). The van der Waals surface area contributed by atoms with Crippen LogP contribution in [0.5, 0.6) is 23.0 Å². The van der Waals surface area contributed by atoms with Crippen molar-refractivity contribution in [2.45, 2.75) is 0 Å². The summed E-state index contributed by atoms with van der Waals surface area (Å²) in [6.07, 6.45) is 1.45. The smallest absolute Gasteiger partial charge is 0.266 e. The summed E-state index contributed by atoms with van der Waals surface area (Å²) in [5.41, 5.74) is 0.800. The summed E-state index contributed by atoms with van der Waals surface area (Å²) in [5.74, 6) is 1.79. The monoisotopic (exact) mass is 342 g/mol. The zero-order valence-electron chi connectivity index (χ0n) is 14.4. The molecule has 0 aliphatic rings. The number of ether oxygens (including phenoxy) is 4. The Morgan fingerprint density at radius 2 is 1.68 bits per heavy atom. The van der Waals surface area contributed by atoms with Crippen LogP contribution in [0.2, 0.25) is 0 Å². The highest BCUT2D eigenvalue weighted by atomic mass is 16.5. The van der Waals surface area contributed by atoms with Gasteiger partial charge in [0, 0.05) is 6.07 Å². The lowest BCUT2D eigenvalue weighted by atomic mass is 10.2. The largest absolute Gasteiger partial charge is 0.497 e. The molecule has 0 saturated heterocycles. The standard InChI is InChI=1S/C18H18N2O5/c1-22-12-7-5-6-11(8-12)20-10-19-15-13(18(20)21)9-14(23-2)16(24-3)17(15)25-4/h5-10H,1-4H3. The summed E-state index contributed by atoms with van der Waals surface area (Å²) in [6, 6.07) is 8.77. The first-order valence-electron chi connectivity index (χ1n) is 7.49. The maximum atomic E-state index is 13.0. The summed E-state index contributed by atoms with van der Waals surface area (Å²) in [4.78, 5) is 17.4. The van der Waals surface area contributed by atoms with Crippen LogP contribution in [-0.2, 0) is 0 Å². The van der Waals surface area contributed by atoms with Gasteiger partial charge in [-0.05, 0) is 18.2 Å². The third-order valence-corrected chi connectivity index (χ3v) is 3.89. The van der Waals surface area contributed by atoms with E-state index < -0.39 is 0 Å². The Morgan fingerprint density at radius 1 is 0.920 bits per heavy atom. The third-order valence-electron chi connectivity index (χ3n) is 3.89. The zero-order chi connectivity index (χ0) is 18.0. The fourth-order valence-corrected chi connectivity index (χ4v) is 2.67. The molecule has 1 heterocycles. The second kappa shape index (κ2) is 6.72. The van der Waals surface area contributed by atoms with Crippen molar-refractivity contribution in [1.82, 2.24) is 9.55 Å². The first-order valence-corrected chi connectivity index (χ1v) is 7.49. The van der Waals surface area contributed by atoms with Crippen LogP contribution in [0.4, 0.5) is 0 Å². The number of hydrogen-bond acceptors (Lipinski definition) is 6. The molecule has 7 heteroatoms. The topological polar surface area (TPSA) is 71.8 Å². The lowest BCUT2D eigenvalue weighted by molar-refractivity contribution is 0.326. The van der Waals surface area contributed by atoms with Gasteiger partial charge in [-0.25, -0.2) is 4.98 Å². The van der Waals surface area contributed by atoms with Crippen LogP contribution in [0, 0.1) is 0 Å². The highest BCUT2D eigenvalue weighted by molar-refractivity contribution is 5.89. The molecule has 3 aromatic rings. The molecule has 0 spiro atoms. The van der Waals surface area contributed by atoms with E-state index in [0.717, 1.165) is 0 Å². The fraction of sp³-hybridized carbons (Fsp3) is 0.222. The van der Waals surface area contributed by atoms with Gasteiger partial charge in [0.1, 0.15) is 17.6 Å². The predicted octanol–water partition coefficient (Wildman–Crippen LogP) is 2.42. The van der Waals surface area contributed by atoms with Gasteiger partial charge in [0.15, 0.2) is 11.5 Å². The summed E-state index contributed by atoms with van der Waals surface area (Å²) >= 11 is 0. The molecule has 0 saturated carbocycles. The number of nitrogens with zero attached hydrogens (tertiary/aromatic N) is 2. The highest BCUT2D eigenvalue weighted by Crippen LogP contribution is 2.41. The van der Waals surface area contributed by atoms with Crippen LogP contribution in [-0.4, -0.2) is 38.0 Å². The van der Waals surface area contributed by atoms with Gasteiger partial charge in [-0.1, -0.05) is 6.07 Å². The molecule has 0 aliphatic carbocycles. The van der Waals surface area contributed by atoms with Crippen molar-refractivity contribution in [3.05, 3.63) is 47.0 Å². The van der Waals surface area contributed by atoms with E-state index in [-0.39, 0.29) is 5.56 Å². The number of benzene rings is 2. The molecule has 0 unspecified atom stereocenters. The number of aromatic nitrogens is 2. The van der Waals surface area contributed by atoms with Crippen molar-refractivity contribution < 1.29 is 18.9 Å². The lowest BCUT2D eigenvalue weighted by Gasteiger charge is -2.15. The second-order valence-electron chi connectivity index (χ2n) is 5.16. The quantitative estimate of drug-likeness (QED) is 0.709. The van der Waals surface area contributed by atoms with E-state index in [1.807, 2.05) is 0 Å². The Morgan fingerprint density at radius 3 is 2.32 bits per heavy atom. The van der Waals surface area contributed by atoms with E-state index >= 15 is 0 Å². The summed E-state index contributed by atoms with van der Waals surface area (Å²) < 4.78 is 22.7. The summed E-state index contributed by atoms with van der Waals surface area (Å²) in [7, 11) is 6.07. The van der Waals surface area contributed by atoms with Gasteiger partial charge in [0.05, 0.1) is 39.5 Å². The molecular weight excluding hydrogens is 324 g/mol. The average molecular weight is 342 g/mol. The zero-order valence-corrected chi connectivity index (χ0v) is 14.4. The van der Waals surface area contributed by atoms with Crippen molar-refractivity contribution in [2.75, 3.05) is 28.4 Å². The normalized spacial score (nSPS) is 10.6. The van der Waals surface area contributed by atoms with Crippen LogP contribution in [0.1, 0.15) is 0 Å². The minimum atomic E-state index is -0.252. The Hall–Kier alpha value is -3.22. The molecule has 7 nitrogen and oxygen atoms in total. The first kappa shape index (κ1) is 16.6. The van der Waals surface area contributed by atoms with Crippen LogP contribution in [0.25, 0.3) is 16.6 Å². The van der Waals surface area contributed by atoms with E-state index in [0.29, 0.717) is 39.6 Å². The molecule has 1 aromatic heterocycles. The number of hydrogen-bond donors (Lipinski definition) is 0. The van der Waals surface area contributed by atoms with Crippen molar-refractivity contribution in [3.8, 4) is 28.7 Å². The van der Waals surface area contributed by atoms with Crippen LogP contribution in [0.15, 0.2) is 41.5 Å². The second-order valence-corrected chi connectivity index (χ2v) is 5.16. The van der Waals surface area contributed by atoms with Crippen LogP contribution in [0.3, 0.4) is 0 Å². The molecule has 0 radical (unpaired) electrons. The predicted molar refractivity (Wildman–Crippen MR) is 93.5 cm³/mol. The number of rotatable bonds is 5. The van der Waals surface area contributed by atoms with Crippen molar-refractivity contribution in [2.24, 2.45) is 0 Å². The van der Waals surface area contributed by atoms with E-state index in [9.17, 15) is 4.79 Å². The molecule has 0 bridgehead atoms. The maximum Gasteiger partial charge on any atom is 0.266 e. The SMILES string of the molecule is COc1cccc(-n2cnc3c(OC)c(OC)c(OC)cc3c2=O)c1. The molecule has 0 amide bonds. The molecule has 130 valence electrons. The molecule has 25 heavy (non-hydrogen) atoms. The Bertz CT molecular complexity index is 981. The lowest BCUT2D eigenvalue weighted by Crippen LogP contribution is -2.19. The van der Waals surface area contributed by atoms with Gasteiger partial charge in [-0.3, -0.25) is 9.36 Å². The third kappa shape index (κ3) is 2.73. The molecular formula is C18H18N2O5. The van der Waals surface area contributed by atoms with E-state index in [2.05, 4.69) is 4.98 Å². The van der Waals surface area contributed by atoms with Crippen molar-refractivity contribution >= 4 is 10.9 Å².